The van der Waals surface area contributed by atoms with Crippen molar-refractivity contribution in [2.24, 2.45) is 0 Å². The van der Waals surface area contributed by atoms with E-state index in [1.807, 2.05) is 0 Å². The third-order valence-corrected chi connectivity index (χ3v) is 3.99. The first-order valence-corrected chi connectivity index (χ1v) is 7.58. The van der Waals surface area contributed by atoms with Crippen molar-refractivity contribution in [1.29, 1.82) is 0 Å². The first-order chi connectivity index (χ1) is 7.64. The van der Waals surface area contributed by atoms with E-state index in [2.05, 4.69) is 17.0 Å². The van der Waals surface area contributed by atoms with E-state index in [1.54, 1.807) is 0 Å². The summed E-state index contributed by atoms with van der Waals surface area (Å²) in [5.41, 5.74) is 0. The van der Waals surface area contributed by atoms with Gasteiger partial charge in [-0.15, -0.1) is 0 Å². The van der Waals surface area contributed by atoms with Gasteiger partial charge in [0.15, 0.2) is 0 Å². The summed E-state index contributed by atoms with van der Waals surface area (Å²) in [4.78, 5) is 0. The Labute approximate surface area is 98.0 Å². The van der Waals surface area contributed by atoms with Crippen molar-refractivity contribution >= 4 is 10.0 Å². The molecule has 5 nitrogen and oxygen atoms in total. The largest absolute Gasteiger partial charge is 0.380 e. The van der Waals surface area contributed by atoms with Crippen LogP contribution < -0.4 is 10.0 Å². The first-order valence-electron chi connectivity index (χ1n) is 5.92. The summed E-state index contributed by atoms with van der Waals surface area (Å²) in [7, 11) is -3.12. The summed E-state index contributed by atoms with van der Waals surface area (Å²) in [6, 6.07) is -0.0198. The van der Waals surface area contributed by atoms with Gasteiger partial charge in [0.1, 0.15) is 0 Å². The molecule has 0 aromatic heterocycles. The number of hydrogen-bond donors (Lipinski definition) is 2. The molecule has 1 unspecified atom stereocenters. The normalized spacial score (nSPS) is 21.4. The monoisotopic (exact) mass is 250 g/mol. The Hall–Kier alpha value is -0.170. The van der Waals surface area contributed by atoms with Crippen molar-refractivity contribution in [2.75, 3.05) is 32.1 Å². The van der Waals surface area contributed by atoms with E-state index in [-0.39, 0.29) is 11.8 Å². The highest BCUT2D eigenvalue weighted by atomic mass is 32.2. The van der Waals surface area contributed by atoms with Crippen LogP contribution in [0.5, 0.6) is 0 Å². The Bertz CT molecular complexity index is 274. The quantitative estimate of drug-likeness (QED) is 0.599. The lowest BCUT2D eigenvalue weighted by atomic mass is 10.3. The third kappa shape index (κ3) is 5.79. The zero-order valence-corrected chi connectivity index (χ0v) is 10.7. The predicted molar refractivity (Wildman–Crippen MR) is 63.9 cm³/mol. The van der Waals surface area contributed by atoms with Crippen LogP contribution in [0.3, 0.4) is 0 Å². The topological polar surface area (TPSA) is 67.4 Å². The van der Waals surface area contributed by atoms with Crippen LogP contribution in [0, 0.1) is 0 Å². The molecule has 1 aliphatic heterocycles. The Kier molecular flexibility index (Phi) is 6.26. The summed E-state index contributed by atoms with van der Waals surface area (Å²) >= 11 is 0. The van der Waals surface area contributed by atoms with Crippen molar-refractivity contribution in [3.8, 4) is 0 Å². The second kappa shape index (κ2) is 7.21. The summed E-state index contributed by atoms with van der Waals surface area (Å²) in [5, 5.41) is 3.18. The van der Waals surface area contributed by atoms with E-state index in [0.29, 0.717) is 19.6 Å². The van der Waals surface area contributed by atoms with E-state index in [0.717, 1.165) is 25.9 Å². The fourth-order valence-electron chi connectivity index (χ4n) is 1.63. The molecule has 0 aliphatic carbocycles. The number of sulfonamides is 1. The van der Waals surface area contributed by atoms with Crippen molar-refractivity contribution in [3.05, 3.63) is 0 Å². The van der Waals surface area contributed by atoms with Crippen LogP contribution in [-0.2, 0) is 14.8 Å². The molecule has 0 bridgehead atoms. The van der Waals surface area contributed by atoms with Gasteiger partial charge in [0.25, 0.3) is 0 Å². The van der Waals surface area contributed by atoms with E-state index in [4.69, 9.17) is 4.74 Å². The smallest absolute Gasteiger partial charge is 0.211 e. The molecule has 2 N–H and O–H groups in total. The zero-order chi connectivity index (χ0) is 11.9. The molecule has 1 fully saturated rings. The van der Waals surface area contributed by atoms with Crippen LogP contribution in [0.1, 0.15) is 26.2 Å². The number of nitrogens with one attached hydrogen (secondary N) is 2. The molecule has 0 spiro atoms. The molecule has 1 heterocycles. The molecule has 1 rings (SSSR count). The van der Waals surface area contributed by atoms with Crippen LogP contribution in [-0.4, -0.2) is 46.5 Å². The van der Waals surface area contributed by atoms with E-state index in [1.165, 1.54) is 0 Å². The molecular weight excluding hydrogens is 228 g/mol. The number of hydrogen-bond acceptors (Lipinski definition) is 4. The molecule has 1 aliphatic rings. The summed E-state index contributed by atoms with van der Waals surface area (Å²) in [6.07, 6.45) is 2.51. The van der Waals surface area contributed by atoms with Crippen LogP contribution in [0.25, 0.3) is 0 Å². The SMILES string of the molecule is CCCNCCCS(=O)(=O)NC1CCOC1. The van der Waals surface area contributed by atoms with Gasteiger partial charge in [0.05, 0.1) is 12.4 Å². The standard InChI is InChI=1S/C10H22N2O3S/c1-2-5-11-6-3-8-16(13,14)12-10-4-7-15-9-10/h10-12H,2-9H2,1H3. The molecule has 0 radical (unpaired) electrons. The fourth-order valence-corrected chi connectivity index (χ4v) is 2.97. The highest BCUT2D eigenvalue weighted by Crippen LogP contribution is 2.05. The second-order valence-corrected chi connectivity index (χ2v) is 5.97. The predicted octanol–water partition coefficient (Wildman–Crippen LogP) is 0.0844. The Morgan fingerprint density at radius 1 is 1.38 bits per heavy atom. The van der Waals surface area contributed by atoms with Crippen molar-refractivity contribution in [2.45, 2.75) is 32.2 Å². The highest BCUT2D eigenvalue weighted by Gasteiger charge is 2.21. The maximum Gasteiger partial charge on any atom is 0.211 e. The Morgan fingerprint density at radius 2 is 2.19 bits per heavy atom. The first kappa shape index (κ1) is 13.9. The van der Waals surface area contributed by atoms with Crippen LogP contribution in [0.4, 0.5) is 0 Å². The van der Waals surface area contributed by atoms with Crippen molar-refractivity contribution in [1.82, 2.24) is 10.0 Å². The van der Waals surface area contributed by atoms with Gasteiger partial charge in [-0.05, 0) is 32.4 Å². The summed E-state index contributed by atoms with van der Waals surface area (Å²) in [6.45, 7) is 4.96. The van der Waals surface area contributed by atoms with Crippen LogP contribution >= 0.6 is 0 Å². The molecule has 0 saturated carbocycles. The minimum absolute atomic E-state index is 0.0198. The zero-order valence-electron chi connectivity index (χ0n) is 9.87. The van der Waals surface area contributed by atoms with Crippen molar-refractivity contribution in [3.63, 3.8) is 0 Å². The average Bonchev–Trinajstić information content (AvgIpc) is 2.69. The van der Waals surface area contributed by atoms with Gasteiger partial charge in [-0.25, -0.2) is 13.1 Å². The van der Waals surface area contributed by atoms with Gasteiger partial charge in [0.2, 0.25) is 10.0 Å². The maximum absolute atomic E-state index is 11.6. The molecule has 0 amide bonds. The fraction of sp³-hybridized carbons (Fsp3) is 1.00. The van der Waals surface area contributed by atoms with Gasteiger partial charge in [-0.2, -0.15) is 0 Å². The molecule has 0 aromatic rings. The second-order valence-electron chi connectivity index (χ2n) is 4.10. The lowest BCUT2D eigenvalue weighted by Crippen LogP contribution is -2.37. The number of ether oxygens (including phenoxy) is 1. The van der Waals surface area contributed by atoms with Crippen molar-refractivity contribution < 1.29 is 13.2 Å². The lowest BCUT2D eigenvalue weighted by Gasteiger charge is -2.11. The summed E-state index contributed by atoms with van der Waals surface area (Å²) in [5.74, 6) is 0.195. The molecule has 0 aromatic carbocycles. The minimum atomic E-state index is -3.12. The number of rotatable bonds is 8. The molecular formula is C10H22N2O3S. The van der Waals surface area contributed by atoms with Gasteiger partial charge in [0, 0.05) is 12.6 Å². The highest BCUT2D eigenvalue weighted by molar-refractivity contribution is 7.89. The summed E-state index contributed by atoms with van der Waals surface area (Å²) < 4.78 is 31.0. The van der Waals surface area contributed by atoms with E-state index < -0.39 is 10.0 Å². The molecule has 1 atom stereocenters. The molecule has 96 valence electrons. The molecule has 1 saturated heterocycles. The van der Waals surface area contributed by atoms with E-state index >= 15 is 0 Å². The van der Waals surface area contributed by atoms with Gasteiger partial charge in [-0.3, -0.25) is 0 Å². The Morgan fingerprint density at radius 3 is 2.81 bits per heavy atom. The van der Waals surface area contributed by atoms with Crippen LogP contribution in [0.2, 0.25) is 0 Å². The Balaban J connectivity index is 2.13. The average molecular weight is 250 g/mol. The maximum atomic E-state index is 11.6. The van der Waals surface area contributed by atoms with Gasteiger partial charge >= 0.3 is 0 Å². The van der Waals surface area contributed by atoms with Gasteiger partial charge < -0.3 is 10.1 Å². The van der Waals surface area contributed by atoms with Gasteiger partial charge in [-0.1, -0.05) is 6.92 Å². The third-order valence-electron chi connectivity index (χ3n) is 2.47. The minimum Gasteiger partial charge on any atom is -0.380 e. The van der Waals surface area contributed by atoms with E-state index in [9.17, 15) is 8.42 Å². The lowest BCUT2D eigenvalue weighted by molar-refractivity contribution is 0.192. The molecule has 6 heteroatoms. The molecule has 16 heavy (non-hydrogen) atoms. The van der Waals surface area contributed by atoms with Crippen LogP contribution in [0.15, 0.2) is 0 Å².